The van der Waals surface area contributed by atoms with Crippen LogP contribution in [0.15, 0.2) is 10.1 Å². The van der Waals surface area contributed by atoms with E-state index in [-0.39, 0.29) is 0 Å². The summed E-state index contributed by atoms with van der Waals surface area (Å²) in [4.78, 5) is 0. The molecule has 0 aromatic heterocycles. The third-order valence-corrected chi connectivity index (χ3v) is 1.97. The van der Waals surface area contributed by atoms with Gasteiger partial charge in [-0.1, -0.05) is 23.2 Å². The van der Waals surface area contributed by atoms with Crippen LogP contribution in [0.1, 0.15) is 6.42 Å². The molecule has 1 rings (SSSR count). The van der Waals surface area contributed by atoms with Gasteiger partial charge in [-0.05, 0) is 6.42 Å². The predicted molar refractivity (Wildman–Crippen MR) is 36.2 cm³/mol. The molecule has 0 fully saturated rings. The van der Waals surface area contributed by atoms with E-state index in [9.17, 15) is 0 Å². The molecule has 0 bridgehead atoms. The lowest BCUT2D eigenvalue weighted by atomic mass is 10.3. The third kappa shape index (κ3) is 1.38. The van der Waals surface area contributed by atoms with Crippen LogP contribution in [-0.2, 0) is 0 Å². The molecule has 0 atom stereocenters. The Bertz CT molecular complexity index is 106. The van der Waals surface area contributed by atoms with Gasteiger partial charge in [0.2, 0.25) is 0 Å². The molecule has 1 N–H and O–H groups in total. The first-order chi connectivity index (χ1) is 3.80. The maximum absolute atomic E-state index is 5.67. The van der Waals surface area contributed by atoms with Crippen molar-refractivity contribution in [3.8, 4) is 0 Å². The summed E-state index contributed by atoms with van der Waals surface area (Å²) in [7, 11) is 0. The molecule has 0 aliphatic carbocycles. The summed E-state index contributed by atoms with van der Waals surface area (Å²) in [5.41, 5.74) is 0. The van der Waals surface area contributed by atoms with E-state index in [1.807, 2.05) is 0 Å². The Morgan fingerprint density at radius 3 is 2.38 bits per heavy atom. The van der Waals surface area contributed by atoms with Crippen molar-refractivity contribution in [2.75, 3.05) is 13.1 Å². The van der Waals surface area contributed by atoms with Gasteiger partial charge in [0.1, 0.15) is 0 Å². The van der Waals surface area contributed by atoms with Crippen molar-refractivity contribution in [2.45, 2.75) is 6.42 Å². The van der Waals surface area contributed by atoms with Gasteiger partial charge in [-0.15, -0.1) is 0 Å². The molecule has 1 nitrogen and oxygen atoms in total. The smallest absolute Gasteiger partial charge is 0.0464 e. The second-order valence-corrected chi connectivity index (χ2v) is 2.65. The minimum Gasteiger partial charge on any atom is -0.311 e. The molecule has 0 unspecified atom stereocenters. The molecule has 3 heteroatoms. The standard InChI is InChI=1S/C5H7Cl2N/c6-4-1-2-8-3-5(4)7/h8H,1-3H2. The van der Waals surface area contributed by atoms with Crippen molar-refractivity contribution >= 4 is 23.2 Å². The SMILES string of the molecule is ClC1=C(Cl)CNCC1. The average molecular weight is 152 g/mol. The molecule has 0 saturated heterocycles. The second kappa shape index (κ2) is 2.72. The van der Waals surface area contributed by atoms with Crippen LogP contribution in [0, 0.1) is 0 Å². The van der Waals surface area contributed by atoms with Crippen LogP contribution in [-0.4, -0.2) is 13.1 Å². The van der Waals surface area contributed by atoms with E-state index in [1.54, 1.807) is 0 Å². The largest absolute Gasteiger partial charge is 0.311 e. The summed E-state index contributed by atoms with van der Waals surface area (Å²) in [5.74, 6) is 0. The van der Waals surface area contributed by atoms with E-state index in [1.165, 1.54) is 0 Å². The Morgan fingerprint density at radius 1 is 1.25 bits per heavy atom. The van der Waals surface area contributed by atoms with Crippen molar-refractivity contribution in [1.82, 2.24) is 5.32 Å². The maximum Gasteiger partial charge on any atom is 0.0464 e. The summed E-state index contributed by atoms with van der Waals surface area (Å²) < 4.78 is 0. The van der Waals surface area contributed by atoms with Crippen LogP contribution < -0.4 is 5.32 Å². The highest BCUT2D eigenvalue weighted by Gasteiger charge is 2.05. The van der Waals surface area contributed by atoms with E-state index < -0.39 is 0 Å². The molecule has 1 aliphatic rings. The summed E-state index contributed by atoms with van der Waals surface area (Å²) in [6.07, 6.45) is 0.875. The van der Waals surface area contributed by atoms with Crippen LogP contribution in [0.4, 0.5) is 0 Å². The van der Waals surface area contributed by atoms with Crippen molar-refractivity contribution in [3.05, 3.63) is 10.1 Å². The molecule has 0 aromatic carbocycles. The lowest BCUT2D eigenvalue weighted by molar-refractivity contribution is 0.713. The molecule has 0 aromatic rings. The minimum atomic E-state index is 0.736. The van der Waals surface area contributed by atoms with Crippen LogP contribution >= 0.6 is 23.2 Å². The van der Waals surface area contributed by atoms with Crippen LogP contribution in [0.2, 0.25) is 0 Å². The molecular weight excluding hydrogens is 145 g/mol. The highest BCUT2D eigenvalue weighted by atomic mass is 35.5. The molecule has 1 aliphatic heterocycles. The summed E-state index contributed by atoms with van der Waals surface area (Å²) in [5, 5.41) is 4.66. The van der Waals surface area contributed by atoms with Gasteiger partial charge in [0.05, 0.1) is 0 Å². The average Bonchev–Trinajstić information content (AvgIpc) is 1.77. The van der Waals surface area contributed by atoms with Gasteiger partial charge in [0, 0.05) is 23.2 Å². The second-order valence-electron chi connectivity index (χ2n) is 1.74. The van der Waals surface area contributed by atoms with E-state index in [0.29, 0.717) is 0 Å². The Morgan fingerprint density at radius 2 is 2.00 bits per heavy atom. The topological polar surface area (TPSA) is 12.0 Å². The predicted octanol–water partition coefficient (Wildman–Crippen LogP) is 1.67. The van der Waals surface area contributed by atoms with Crippen molar-refractivity contribution in [1.29, 1.82) is 0 Å². The monoisotopic (exact) mass is 151 g/mol. The molecular formula is C5H7Cl2N. The van der Waals surface area contributed by atoms with Gasteiger partial charge in [-0.25, -0.2) is 0 Å². The normalized spacial score (nSPS) is 21.8. The zero-order valence-electron chi connectivity index (χ0n) is 4.38. The van der Waals surface area contributed by atoms with Gasteiger partial charge < -0.3 is 5.32 Å². The zero-order valence-corrected chi connectivity index (χ0v) is 5.89. The number of halogens is 2. The lowest BCUT2D eigenvalue weighted by Gasteiger charge is -2.10. The van der Waals surface area contributed by atoms with Gasteiger partial charge in [0.25, 0.3) is 0 Å². The Hall–Kier alpha value is 0.280. The highest BCUT2D eigenvalue weighted by molar-refractivity contribution is 6.39. The van der Waals surface area contributed by atoms with Crippen molar-refractivity contribution in [3.63, 3.8) is 0 Å². The number of hydrogen-bond acceptors (Lipinski definition) is 1. The molecule has 46 valence electrons. The minimum absolute atomic E-state index is 0.736. The zero-order chi connectivity index (χ0) is 5.98. The summed E-state index contributed by atoms with van der Waals surface area (Å²) in [6, 6.07) is 0. The van der Waals surface area contributed by atoms with Gasteiger partial charge in [-0.2, -0.15) is 0 Å². The molecule has 0 radical (unpaired) electrons. The Balaban J connectivity index is 2.60. The summed E-state index contributed by atoms with van der Waals surface area (Å²) in [6.45, 7) is 1.69. The van der Waals surface area contributed by atoms with Gasteiger partial charge in [0.15, 0.2) is 0 Å². The first-order valence-corrected chi connectivity index (χ1v) is 3.30. The fourth-order valence-electron chi connectivity index (χ4n) is 0.628. The quantitative estimate of drug-likeness (QED) is 0.556. The first kappa shape index (κ1) is 6.40. The molecule has 0 amide bonds. The van der Waals surface area contributed by atoms with E-state index in [4.69, 9.17) is 23.2 Å². The third-order valence-electron chi connectivity index (χ3n) is 1.10. The molecule has 1 heterocycles. The summed E-state index contributed by atoms with van der Waals surface area (Å²) >= 11 is 11.3. The van der Waals surface area contributed by atoms with Crippen LogP contribution in [0.25, 0.3) is 0 Å². The number of nitrogens with one attached hydrogen (secondary N) is 1. The Labute approximate surface area is 58.7 Å². The molecule has 0 spiro atoms. The molecule has 0 saturated carbocycles. The van der Waals surface area contributed by atoms with Gasteiger partial charge in [-0.3, -0.25) is 0 Å². The van der Waals surface area contributed by atoms with Crippen LogP contribution in [0.5, 0.6) is 0 Å². The van der Waals surface area contributed by atoms with Crippen molar-refractivity contribution in [2.24, 2.45) is 0 Å². The van der Waals surface area contributed by atoms with Crippen LogP contribution in [0.3, 0.4) is 0 Å². The number of hydrogen-bond donors (Lipinski definition) is 1. The fraction of sp³-hybridized carbons (Fsp3) is 0.600. The van der Waals surface area contributed by atoms with E-state index in [0.717, 1.165) is 29.6 Å². The fourth-order valence-corrected chi connectivity index (χ4v) is 0.978. The van der Waals surface area contributed by atoms with E-state index >= 15 is 0 Å². The number of rotatable bonds is 0. The Kier molecular flexibility index (Phi) is 2.17. The van der Waals surface area contributed by atoms with Gasteiger partial charge >= 0.3 is 0 Å². The van der Waals surface area contributed by atoms with E-state index in [2.05, 4.69) is 5.32 Å². The first-order valence-electron chi connectivity index (χ1n) is 2.54. The lowest BCUT2D eigenvalue weighted by Crippen LogP contribution is -2.21. The highest BCUT2D eigenvalue weighted by Crippen LogP contribution is 2.18. The van der Waals surface area contributed by atoms with Crippen molar-refractivity contribution < 1.29 is 0 Å². The maximum atomic E-state index is 5.67. The molecule has 8 heavy (non-hydrogen) atoms.